The molecular weight excluding hydrogens is 316 g/mol. The Morgan fingerprint density at radius 1 is 1.22 bits per heavy atom. The molecule has 0 aromatic heterocycles. The SMILES string of the molecule is CCc1ccc(NS(=O)(=O)c2ccc(C#N)cc2)c(C(=O)O)c1. The first kappa shape index (κ1) is 16.5. The van der Waals surface area contributed by atoms with Gasteiger partial charge in [-0.15, -0.1) is 0 Å². The number of carboxylic acids is 1. The normalized spacial score (nSPS) is 10.8. The number of benzene rings is 2. The number of aryl methyl sites for hydroxylation is 1. The first-order valence-electron chi connectivity index (χ1n) is 6.76. The Morgan fingerprint density at radius 2 is 1.87 bits per heavy atom. The van der Waals surface area contributed by atoms with Gasteiger partial charge in [-0.3, -0.25) is 4.72 Å². The van der Waals surface area contributed by atoms with E-state index in [1.165, 1.54) is 36.4 Å². The minimum atomic E-state index is -3.94. The van der Waals surface area contributed by atoms with Gasteiger partial charge < -0.3 is 5.11 Å². The molecule has 7 heteroatoms. The lowest BCUT2D eigenvalue weighted by Gasteiger charge is -2.11. The highest BCUT2D eigenvalue weighted by molar-refractivity contribution is 7.92. The number of carbonyl (C=O) groups is 1. The number of nitriles is 1. The summed E-state index contributed by atoms with van der Waals surface area (Å²) in [6, 6.07) is 11.8. The number of nitrogens with one attached hydrogen (secondary N) is 1. The number of nitrogens with zero attached hydrogens (tertiary/aromatic N) is 1. The summed E-state index contributed by atoms with van der Waals surface area (Å²) in [5, 5.41) is 18.0. The van der Waals surface area contributed by atoms with Crippen LogP contribution < -0.4 is 4.72 Å². The molecule has 0 saturated carbocycles. The third-order valence-electron chi connectivity index (χ3n) is 3.26. The van der Waals surface area contributed by atoms with Crippen molar-refractivity contribution in [3.8, 4) is 6.07 Å². The largest absolute Gasteiger partial charge is 0.478 e. The van der Waals surface area contributed by atoms with Crippen LogP contribution in [-0.2, 0) is 16.4 Å². The van der Waals surface area contributed by atoms with Crippen molar-refractivity contribution in [3.63, 3.8) is 0 Å². The lowest BCUT2D eigenvalue weighted by atomic mass is 10.1. The lowest BCUT2D eigenvalue weighted by molar-refractivity contribution is 0.0698. The highest BCUT2D eigenvalue weighted by Gasteiger charge is 2.18. The highest BCUT2D eigenvalue weighted by atomic mass is 32.2. The fraction of sp³-hybridized carbons (Fsp3) is 0.125. The van der Waals surface area contributed by atoms with Gasteiger partial charge in [-0.2, -0.15) is 5.26 Å². The highest BCUT2D eigenvalue weighted by Crippen LogP contribution is 2.22. The van der Waals surface area contributed by atoms with Gasteiger partial charge in [-0.25, -0.2) is 13.2 Å². The van der Waals surface area contributed by atoms with E-state index in [-0.39, 0.29) is 16.1 Å². The summed E-state index contributed by atoms with van der Waals surface area (Å²) < 4.78 is 27.0. The van der Waals surface area contributed by atoms with Gasteiger partial charge in [0.1, 0.15) is 0 Å². The molecule has 0 unspecified atom stereocenters. The molecule has 6 nitrogen and oxygen atoms in total. The molecule has 2 N–H and O–H groups in total. The molecule has 0 fully saturated rings. The van der Waals surface area contributed by atoms with Crippen LogP contribution in [0.4, 0.5) is 5.69 Å². The van der Waals surface area contributed by atoms with Gasteiger partial charge in [-0.1, -0.05) is 13.0 Å². The van der Waals surface area contributed by atoms with E-state index in [2.05, 4.69) is 4.72 Å². The number of aromatic carboxylic acids is 1. The molecular formula is C16H14N2O4S. The molecule has 2 rings (SSSR count). The van der Waals surface area contributed by atoms with E-state index in [9.17, 15) is 18.3 Å². The van der Waals surface area contributed by atoms with Gasteiger partial charge in [0, 0.05) is 0 Å². The average Bonchev–Trinajstić information content (AvgIpc) is 2.54. The van der Waals surface area contributed by atoms with Gasteiger partial charge in [0.2, 0.25) is 0 Å². The van der Waals surface area contributed by atoms with Crippen molar-refractivity contribution >= 4 is 21.7 Å². The van der Waals surface area contributed by atoms with E-state index >= 15 is 0 Å². The van der Waals surface area contributed by atoms with Crippen LogP contribution in [0.25, 0.3) is 0 Å². The summed E-state index contributed by atoms with van der Waals surface area (Å²) in [6.45, 7) is 1.88. The number of anilines is 1. The Bertz CT molecular complexity index is 881. The van der Waals surface area contributed by atoms with Crippen LogP contribution in [0.1, 0.15) is 28.4 Å². The fourth-order valence-electron chi connectivity index (χ4n) is 1.99. The maximum absolute atomic E-state index is 12.3. The van der Waals surface area contributed by atoms with Gasteiger partial charge in [0.05, 0.1) is 27.8 Å². The second-order valence-electron chi connectivity index (χ2n) is 4.78. The first-order valence-corrected chi connectivity index (χ1v) is 8.25. The zero-order valence-corrected chi connectivity index (χ0v) is 13.1. The van der Waals surface area contributed by atoms with Crippen molar-refractivity contribution in [2.75, 3.05) is 4.72 Å². The van der Waals surface area contributed by atoms with Crippen molar-refractivity contribution < 1.29 is 18.3 Å². The molecule has 2 aromatic carbocycles. The van der Waals surface area contributed by atoms with Crippen molar-refractivity contribution in [3.05, 3.63) is 59.2 Å². The number of hydrogen-bond acceptors (Lipinski definition) is 4. The minimum Gasteiger partial charge on any atom is -0.478 e. The van der Waals surface area contributed by atoms with Gasteiger partial charge in [0.25, 0.3) is 10.0 Å². The van der Waals surface area contributed by atoms with E-state index in [0.29, 0.717) is 12.0 Å². The second-order valence-corrected chi connectivity index (χ2v) is 6.46. The summed E-state index contributed by atoms with van der Waals surface area (Å²) in [4.78, 5) is 11.3. The van der Waals surface area contributed by atoms with Gasteiger partial charge in [0.15, 0.2) is 0 Å². The molecule has 0 amide bonds. The van der Waals surface area contributed by atoms with Crippen molar-refractivity contribution in [2.45, 2.75) is 18.2 Å². The first-order chi connectivity index (χ1) is 10.9. The smallest absolute Gasteiger partial charge is 0.337 e. The number of hydrogen-bond donors (Lipinski definition) is 2. The molecule has 0 aliphatic rings. The summed E-state index contributed by atoms with van der Waals surface area (Å²) >= 11 is 0. The van der Waals surface area contributed by atoms with Gasteiger partial charge >= 0.3 is 5.97 Å². The predicted octanol–water partition coefficient (Wildman–Crippen LogP) is 2.62. The van der Waals surface area contributed by atoms with Crippen LogP contribution in [-0.4, -0.2) is 19.5 Å². The zero-order chi connectivity index (χ0) is 17.0. The van der Waals surface area contributed by atoms with E-state index in [1.807, 2.05) is 13.0 Å². The molecule has 0 bridgehead atoms. The molecule has 0 saturated heterocycles. The molecule has 0 atom stereocenters. The summed E-state index contributed by atoms with van der Waals surface area (Å²) in [5.41, 5.74) is 1.02. The quantitative estimate of drug-likeness (QED) is 0.876. The van der Waals surface area contributed by atoms with Crippen LogP contribution >= 0.6 is 0 Å². The van der Waals surface area contributed by atoms with Gasteiger partial charge in [-0.05, 0) is 48.4 Å². The molecule has 2 aromatic rings. The molecule has 23 heavy (non-hydrogen) atoms. The minimum absolute atomic E-state index is 0.000871. The molecule has 0 aliphatic carbocycles. The predicted molar refractivity (Wildman–Crippen MR) is 84.7 cm³/mol. The molecule has 0 radical (unpaired) electrons. The number of sulfonamides is 1. The molecule has 0 aliphatic heterocycles. The maximum atomic E-state index is 12.3. The Kier molecular flexibility index (Phi) is 4.67. The van der Waals surface area contributed by atoms with Crippen LogP contribution in [0.15, 0.2) is 47.4 Å². The van der Waals surface area contributed by atoms with Crippen LogP contribution in [0.2, 0.25) is 0 Å². The summed E-state index contributed by atoms with van der Waals surface area (Å²) in [5.74, 6) is -1.21. The van der Waals surface area contributed by atoms with E-state index in [0.717, 1.165) is 5.56 Å². The Labute approximate surface area is 134 Å². The monoisotopic (exact) mass is 330 g/mol. The molecule has 0 spiro atoms. The van der Waals surface area contributed by atoms with Crippen LogP contribution in [0.3, 0.4) is 0 Å². The topological polar surface area (TPSA) is 107 Å². The number of rotatable bonds is 5. The summed E-state index contributed by atoms with van der Waals surface area (Å²) in [6.07, 6.45) is 0.642. The Morgan fingerprint density at radius 3 is 2.39 bits per heavy atom. The van der Waals surface area contributed by atoms with E-state index in [1.54, 1.807) is 6.07 Å². The fourth-order valence-corrected chi connectivity index (χ4v) is 3.07. The standard InChI is InChI=1S/C16H14N2O4S/c1-2-11-5-8-15(14(9-11)16(19)20)18-23(21,22)13-6-3-12(10-17)4-7-13/h3-9,18H,2H2,1H3,(H,19,20). The van der Waals surface area contributed by atoms with E-state index < -0.39 is 16.0 Å². The second kappa shape index (κ2) is 6.50. The maximum Gasteiger partial charge on any atom is 0.337 e. The third-order valence-corrected chi connectivity index (χ3v) is 4.64. The van der Waals surface area contributed by atoms with Crippen molar-refractivity contribution in [1.82, 2.24) is 0 Å². The zero-order valence-electron chi connectivity index (χ0n) is 12.3. The Hall–Kier alpha value is -2.85. The van der Waals surface area contributed by atoms with E-state index in [4.69, 9.17) is 5.26 Å². The van der Waals surface area contributed by atoms with Crippen LogP contribution in [0.5, 0.6) is 0 Å². The molecule has 0 heterocycles. The lowest BCUT2D eigenvalue weighted by Crippen LogP contribution is -2.15. The Balaban J connectivity index is 2.40. The summed E-state index contributed by atoms with van der Waals surface area (Å²) in [7, 11) is -3.94. The molecule has 118 valence electrons. The van der Waals surface area contributed by atoms with Crippen molar-refractivity contribution in [1.29, 1.82) is 5.26 Å². The third kappa shape index (κ3) is 3.67. The van der Waals surface area contributed by atoms with Crippen LogP contribution in [0, 0.1) is 11.3 Å². The van der Waals surface area contributed by atoms with Crippen molar-refractivity contribution in [2.24, 2.45) is 0 Å². The number of carboxylic acid groups (broad SMARTS) is 1. The average molecular weight is 330 g/mol.